The first-order valence-electron chi connectivity index (χ1n) is 7.35. The van der Waals surface area contributed by atoms with Crippen molar-refractivity contribution >= 4 is 15.7 Å². The summed E-state index contributed by atoms with van der Waals surface area (Å²) in [6.45, 7) is -0.670. The molecule has 1 aromatic carbocycles. The van der Waals surface area contributed by atoms with Crippen molar-refractivity contribution in [2.24, 2.45) is 7.05 Å². The maximum Gasteiger partial charge on any atom is 0.295 e. The third kappa shape index (κ3) is 2.84. The monoisotopic (exact) mass is 423 g/mol. The molecule has 2 heterocycles. The molecule has 0 amide bonds. The van der Waals surface area contributed by atoms with Crippen LogP contribution in [0.2, 0.25) is 0 Å². The van der Waals surface area contributed by atoms with Crippen LogP contribution in [-0.4, -0.2) is 38.9 Å². The van der Waals surface area contributed by atoms with Crippen molar-refractivity contribution in [2.75, 3.05) is 7.05 Å². The molecule has 3 rings (SSSR count). The molecular formula is C14H10F5N5O3S. The highest BCUT2D eigenvalue weighted by atomic mass is 32.2. The Bertz CT molecular complexity index is 1240. The molecule has 0 N–H and O–H groups in total. The van der Waals surface area contributed by atoms with Gasteiger partial charge in [0.2, 0.25) is 21.5 Å². The van der Waals surface area contributed by atoms with E-state index in [-0.39, 0.29) is 11.5 Å². The average Bonchev–Trinajstić information content (AvgIpc) is 3.04. The van der Waals surface area contributed by atoms with Gasteiger partial charge in [0.15, 0.2) is 34.0 Å². The number of aromatic nitrogens is 4. The van der Waals surface area contributed by atoms with Gasteiger partial charge < -0.3 is 4.57 Å². The number of rotatable bonds is 4. The molecule has 0 unspecified atom stereocenters. The zero-order valence-electron chi connectivity index (χ0n) is 14.1. The predicted octanol–water partition coefficient (Wildman–Crippen LogP) is 0.944. The second-order valence-corrected chi connectivity index (χ2v) is 7.67. The van der Waals surface area contributed by atoms with Gasteiger partial charge in [-0.15, -0.1) is 10.2 Å². The fourth-order valence-corrected chi connectivity index (χ4v) is 3.61. The van der Waals surface area contributed by atoms with Gasteiger partial charge in [0.1, 0.15) is 0 Å². The lowest BCUT2D eigenvalue weighted by Crippen LogP contribution is -2.30. The largest absolute Gasteiger partial charge is 0.314 e. The maximum absolute atomic E-state index is 13.9. The Morgan fingerprint density at radius 3 is 2.07 bits per heavy atom. The molecule has 0 saturated carbocycles. The topological polar surface area (TPSA) is 89.6 Å². The summed E-state index contributed by atoms with van der Waals surface area (Å²) in [6, 6.07) is 0. The van der Waals surface area contributed by atoms with Crippen LogP contribution in [0.5, 0.6) is 0 Å². The van der Waals surface area contributed by atoms with E-state index >= 15 is 0 Å². The first-order chi connectivity index (χ1) is 13.0. The smallest absolute Gasteiger partial charge is 0.295 e. The van der Waals surface area contributed by atoms with Gasteiger partial charge in [0, 0.05) is 26.5 Å². The van der Waals surface area contributed by atoms with Gasteiger partial charge in [0.25, 0.3) is 5.56 Å². The Morgan fingerprint density at radius 1 is 0.964 bits per heavy atom. The first-order valence-corrected chi connectivity index (χ1v) is 8.79. The molecule has 150 valence electrons. The second kappa shape index (κ2) is 6.63. The number of benzene rings is 1. The summed E-state index contributed by atoms with van der Waals surface area (Å²) in [4.78, 5) is 9.94. The average molecular weight is 423 g/mol. The van der Waals surface area contributed by atoms with Gasteiger partial charge in [-0.25, -0.2) is 30.4 Å². The van der Waals surface area contributed by atoms with Gasteiger partial charge in [-0.2, -0.15) is 4.31 Å². The molecule has 3 aromatic rings. The maximum atomic E-state index is 13.9. The molecule has 0 atom stereocenters. The fraction of sp³-hybridized carbons (Fsp3) is 0.214. The minimum Gasteiger partial charge on any atom is -0.314 e. The molecule has 0 aliphatic rings. The van der Waals surface area contributed by atoms with Crippen LogP contribution in [0.15, 0.2) is 22.1 Å². The summed E-state index contributed by atoms with van der Waals surface area (Å²) < 4.78 is 95.1. The molecule has 0 saturated heterocycles. The molecule has 14 heteroatoms. The van der Waals surface area contributed by atoms with Crippen LogP contribution in [0.1, 0.15) is 5.82 Å². The lowest BCUT2D eigenvalue weighted by atomic mass is 10.3. The quantitative estimate of drug-likeness (QED) is 0.354. The summed E-state index contributed by atoms with van der Waals surface area (Å²) in [5, 5.41) is 7.24. The summed E-state index contributed by atoms with van der Waals surface area (Å²) >= 11 is 0. The summed E-state index contributed by atoms with van der Waals surface area (Å²) in [7, 11) is -2.87. The predicted molar refractivity (Wildman–Crippen MR) is 83.1 cm³/mol. The number of hydrogen-bond donors (Lipinski definition) is 0. The van der Waals surface area contributed by atoms with E-state index in [2.05, 4.69) is 10.2 Å². The van der Waals surface area contributed by atoms with E-state index in [0.29, 0.717) is 4.31 Å². The number of nitrogens with zero attached hydrogens (tertiary/aromatic N) is 5. The Kier molecular flexibility index (Phi) is 4.71. The van der Waals surface area contributed by atoms with E-state index in [1.165, 1.54) is 24.0 Å². The van der Waals surface area contributed by atoms with Gasteiger partial charge in [0.05, 0.1) is 6.54 Å². The molecule has 2 aromatic heterocycles. The van der Waals surface area contributed by atoms with Crippen molar-refractivity contribution in [3.05, 3.63) is 57.7 Å². The van der Waals surface area contributed by atoms with Crippen LogP contribution in [0.4, 0.5) is 22.0 Å². The first kappa shape index (κ1) is 19.9. The lowest BCUT2D eigenvalue weighted by molar-refractivity contribution is 0.352. The van der Waals surface area contributed by atoms with Crippen LogP contribution in [-0.2, 0) is 23.6 Å². The Hall–Kier alpha value is -2.87. The highest BCUT2D eigenvalue weighted by molar-refractivity contribution is 7.89. The van der Waals surface area contributed by atoms with Crippen molar-refractivity contribution in [2.45, 2.75) is 11.4 Å². The Balaban J connectivity index is 2.08. The summed E-state index contributed by atoms with van der Waals surface area (Å²) in [6.07, 6.45) is 2.67. The normalized spacial score (nSPS) is 12.3. The van der Waals surface area contributed by atoms with Gasteiger partial charge >= 0.3 is 0 Å². The third-order valence-electron chi connectivity index (χ3n) is 3.92. The number of sulfonamides is 1. The van der Waals surface area contributed by atoms with Crippen LogP contribution in [0, 0.1) is 29.1 Å². The van der Waals surface area contributed by atoms with Crippen molar-refractivity contribution in [3.63, 3.8) is 0 Å². The van der Waals surface area contributed by atoms with Gasteiger partial charge in [-0.1, -0.05) is 0 Å². The van der Waals surface area contributed by atoms with Crippen molar-refractivity contribution in [1.82, 2.24) is 23.5 Å². The van der Waals surface area contributed by atoms with Crippen molar-refractivity contribution in [3.8, 4) is 0 Å². The highest BCUT2D eigenvalue weighted by Gasteiger charge is 2.36. The van der Waals surface area contributed by atoms with E-state index < -0.39 is 56.1 Å². The molecule has 28 heavy (non-hydrogen) atoms. The van der Waals surface area contributed by atoms with Crippen LogP contribution < -0.4 is 5.56 Å². The lowest BCUT2D eigenvalue weighted by Gasteiger charge is -2.17. The van der Waals surface area contributed by atoms with Crippen LogP contribution in [0.25, 0.3) is 5.65 Å². The molecule has 0 bridgehead atoms. The van der Waals surface area contributed by atoms with E-state index in [0.717, 1.165) is 11.4 Å². The van der Waals surface area contributed by atoms with Crippen molar-refractivity contribution < 1.29 is 30.4 Å². The zero-order chi connectivity index (χ0) is 21.0. The molecular weight excluding hydrogens is 413 g/mol. The molecule has 0 radical (unpaired) electrons. The number of halogens is 5. The van der Waals surface area contributed by atoms with Crippen molar-refractivity contribution in [1.29, 1.82) is 0 Å². The number of aryl methyl sites for hydroxylation is 1. The summed E-state index contributed by atoms with van der Waals surface area (Å²) in [5.41, 5.74) is -0.700. The van der Waals surface area contributed by atoms with Gasteiger partial charge in [-0.3, -0.25) is 9.20 Å². The SMILES string of the molecule is CN(Cc1nnc2c(=O)n(C)ccn12)S(=O)(=O)c1c(F)c(F)c(F)c(F)c1F. The molecule has 8 nitrogen and oxygen atoms in total. The third-order valence-corrected chi connectivity index (χ3v) is 5.74. The standard InChI is InChI=1S/C14H10F5N5O3S/c1-22-3-4-24-6(20-21-13(24)14(22)25)5-23(2)28(26,27)12-10(18)8(16)7(15)9(17)11(12)19/h3-4H,5H2,1-2H3. The Labute approximate surface area is 153 Å². The van der Waals surface area contributed by atoms with E-state index in [4.69, 9.17) is 0 Å². The molecule has 0 fully saturated rings. The molecule has 0 aliphatic carbocycles. The second-order valence-electron chi connectivity index (χ2n) is 5.68. The minimum absolute atomic E-state index is 0.123. The van der Waals surface area contributed by atoms with Crippen LogP contribution >= 0.6 is 0 Å². The molecule has 0 spiro atoms. The number of fused-ring (bicyclic) bond motifs is 1. The zero-order valence-corrected chi connectivity index (χ0v) is 14.9. The number of hydrogen-bond acceptors (Lipinski definition) is 5. The minimum atomic E-state index is -5.15. The highest BCUT2D eigenvalue weighted by Crippen LogP contribution is 2.28. The van der Waals surface area contributed by atoms with E-state index in [1.807, 2.05) is 0 Å². The fourth-order valence-electron chi connectivity index (χ4n) is 2.38. The molecule has 0 aliphatic heterocycles. The Morgan fingerprint density at radius 2 is 1.50 bits per heavy atom. The van der Waals surface area contributed by atoms with E-state index in [9.17, 15) is 35.2 Å². The summed E-state index contributed by atoms with van der Waals surface area (Å²) in [5.74, 6) is -12.3. The van der Waals surface area contributed by atoms with Gasteiger partial charge in [-0.05, 0) is 0 Å². The van der Waals surface area contributed by atoms with E-state index in [1.54, 1.807) is 0 Å². The van der Waals surface area contributed by atoms with Crippen LogP contribution in [0.3, 0.4) is 0 Å².